The van der Waals surface area contributed by atoms with E-state index in [2.05, 4.69) is 39.4 Å². The Bertz CT molecular complexity index is 886. The Kier molecular flexibility index (Phi) is 6.60. The van der Waals surface area contributed by atoms with E-state index in [0.717, 1.165) is 38.3 Å². The summed E-state index contributed by atoms with van der Waals surface area (Å²) in [5.41, 5.74) is 2.93. The minimum absolute atomic E-state index is 0.0330. The minimum atomic E-state index is -0.460. The van der Waals surface area contributed by atoms with Gasteiger partial charge in [-0.25, -0.2) is 0 Å². The van der Waals surface area contributed by atoms with Crippen LogP contribution >= 0.6 is 0 Å². The highest BCUT2D eigenvalue weighted by Crippen LogP contribution is 2.21. The maximum atomic E-state index is 12.3. The molecule has 9 nitrogen and oxygen atoms in total. The molecule has 1 fully saturated rings. The number of amides is 1. The van der Waals surface area contributed by atoms with Crippen LogP contribution in [0.1, 0.15) is 22.5 Å². The Balaban J connectivity index is 1.54. The molecule has 0 unspecified atom stereocenters. The molecule has 0 radical (unpaired) electrons. The molecule has 0 aliphatic carbocycles. The number of hydrogen-bond donors (Lipinski definition) is 1. The molecule has 1 amide bonds. The molecule has 0 bridgehead atoms. The molecule has 29 heavy (non-hydrogen) atoms. The first-order valence-corrected chi connectivity index (χ1v) is 9.77. The summed E-state index contributed by atoms with van der Waals surface area (Å²) in [6.07, 6.45) is 0. The maximum absolute atomic E-state index is 12.3. The third-order valence-electron chi connectivity index (χ3n) is 5.30. The van der Waals surface area contributed by atoms with Crippen LogP contribution in [0, 0.1) is 24.0 Å². The van der Waals surface area contributed by atoms with Gasteiger partial charge in [0.2, 0.25) is 5.91 Å². The van der Waals surface area contributed by atoms with E-state index >= 15 is 0 Å². The van der Waals surface area contributed by atoms with E-state index in [9.17, 15) is 14.9 Å². The van der Waals surface area contributed by atoms with Gasteiger partial charge in [-0.3, -0.25) is 24.5 Å². The van der Waals surface area contributed by atoms with Gasteiger partial charge in [0.15, 0.2) is 0 Å². The van der Waals surface area contributed by atoms with E-state index in [0.29, 0.717) is 17.9 Å². The zero-order valence-corrected chi connectivity index (χ0v) is 17.2. The summed E-state index contributed by atoms with van der Waals surface area (Å²) in [6, 6.07) is 8.23. The number of nitrogens with zero attached hydrogens (tertiary/aromatic N) is 5. The normalized spacial score (nSPS) is 15.4. The van der Waals surface area contributed by atoms with Crippen LogP contribution in [-0.4, -0.2) is 63.6 Å². The molecule has 1 aromatic carbocycles. The number of hydrogen-bond acceptors (Lipinski definition) is 6. The van der Waals surface area contributed by atoms with Gasteiger partial charge in [0.1, 0.15) is 17.9 Å². The lowest BCUT2D eigenvalue weighted by Gasteiger charge is -2.32. The van der Waals surface area contributed by atoms with Gasteiger partial charge in [0.05, 0.1) is 4.92 Å². The van der Waals surface area contributed by atoms with Crippen molar-refractivity contribution in [1.29, 1.82) is 0 Å². The molecule has 0 spiro atoms. The van der Waals surface area contributed by atoms with E-state index in [4.69, 9.17) is 0 Å². The van der Waals surface area contributed by atoms with Crippen LogP contribution in [0.4, 0.5) is 5.69 Å². The van der Waals surface area contributed by atoms with E-state index in [-0.39, 0.29) is 18.1 Å². The lowest BCUT2D eigenvalue weighted by atomic mass is 10.1. The molecule has 156 valence electrons. The zero-order chi connectivity index (χ0) is 21.0. The van der Waals surface area contributed by atoms with Gasteiger partial charge in [-0.15, -0.1) is 0 Å². The number of likely N-dealkylation sites (N-methyl/N-ethyl adjacent to an activating group) is 1. The van der Waals surface area contributed by atoms with Gasteiger partial charge in [-0.2, -0.15) is 5.10 Å². The van der Waals surface area contributed by atoms with E-state index in [1.807, 2.05) is 12.1 Å². The van der Waals surface area contributed by atoms with E-state index < -0.39 is 4.92 Å². The Morgan fingerprint density at radius 1 is 1.21 bits per heavy atom. The van der Waals surface area contributed by atoms with Crippen LogP contribution in [0.5, 0.6) is 0 Å². The molecule has 1 saturated heterocycles. The van der Waals surface area contributed by atoms with E-state index in [1.165, 1.54) is 10.2 Å². The molecule has 2 heterocycles. The van der Waals surface area contributed by atoms with Crippen LogP contribution in [-0.2, 0) is 24.4 Å². The van der Waals surface area contributed by atoms with Crippen molar-refractivity contribution in [3.8, 4) is 0 Å². The Morgan fingerprint density at radius 3 is 2.55 bits per heavy atom. The topological polar surface area (TPSA) is 96.5 Å². The van der Waals surface area contributed by atoms with Crippen LogP contribution < -0.4 is 5.32 Å². The number of aromatic nitrogens is 2. The molecule has 1 aliphatic heterocycles. The smallest absolute Gasteiger partial charge is 0.312 e. The molecule has 3 rings (SSSR count). The number of nitro groups is 1. The van der Waals surface area contributed by atoms with Crippen molar-refractivity contribution >= 4 is 11.6 Å². The first-order chi connectivity index (χ1) is 13.8. The van der Waals surface area contributed by atoms with Gasteiger partial charge < -0.3 is 10.2 Å². The lowest BCUT2D eigenvalue weighted by molar-refractivity contribution is -0.386. The monoisotopic (exact) mass is 400 g/mol. The van der Waals surface area contributed by atoms with Crippen molar-refractivity contribution in [3.05, 3.63) is 56.9 Å². The molecular weight excluding hydrogens is 372 g/mol. The summed E-state index contributed by atoms with van der Waals surface area (Å²) >= 11 is 0. The summed E-state index contributed by atoms with van der Waals surface area (Å²) in [7, 11) is 2.14. The second-order valence-corrected chi connectivity index (χ2v) is 7.61. The fourth-order valence-corrected chi connectivity index (χ4v) is 3.60. The summed E-state index contributed by atoms with van der Waals surface area (Å²) in [6.45, 7) is 8.75. The molecule has 2 aromatic rings. The van der Waals surface area contributed by atoms with Gasteiger partial charge in [-0.1, -0.05) is 24.3 Å². The SMILES string of the molecule is Cc1nn(CC(=O)NCc2cccc(CN3CCN(C)CC3)c2)c(C)c1[N+](=O)[O-]. The van der Waals surface area contributed by atoms with Crippen molar-refractivity contribution in [2.24, 2.45) is 0 Å². The number of carbonyl (C=O) groups is 1. The van der Waals surface area contributed by atoms with Crippen molar-refractivity contribution in [3.63, 3.8) is 0 Å². The molecule has 0 atom stereocenters. The molecule has 0 saturated carbocycles. The number of piperazine rings is 1. The highest BCUT2D eigenvalue weighted by molar-refractivity contribution is 5.75. The first kappa shape index (κ1) is 20.9. The molecule has 9 heteroatoms. The van der Waals surface area contributed by atoms with Crippen molar-refractivity contribution in [2.45, 2.75) is 33.5 Å². The summed E-state index contributed by atoms with van der Waals surface area (Å²) in [4.78, 5) is 27.7. The lowest BCUT2D eigenvalue weighted by Crippen LogP contribution is -2.43. The first-order valence-electron chi connectivity index (χ1n) is 9.77. The number of carbonyl (C=O) groups excluding carboxylic acids is 1. The zero-order valence-electron chi connectivity index (χ0n) is 17.2. The maximum Gasteiger partial charge on any atom is 0.312 e. The summed E-state index contributed by atoms with van der Waals surface area (Å²) < 4.78 is 1.38. The Morgan fingerprint density at radius 2 is 1.90 bits per heavy atom. The number of nitrogens with one attached hydrogen (secondary N) is 1. The minimum Gasteiger partial charge on any atom is -0.350 e. The molecule has 1 aromatic heterocycles. The predicted molar refractivity (Wildman–Crippen MR) is 109 cm³/mol. The number of benzene rings is 1. The van der Waals surface area contributed by atoms with Crippen LogP contribution in [0.3, 0.4) is 0 Å². The molecular formula is C20H28N6O3. The number of aryl methyl sites for hydroxylation is 1. The van der Waals surface area contributed by atoms with Crippen molar-refractivity contribution in [2.75, 3.05) is 33.2 Å². The fraction of sp³-hybridized carbons (Fsp3) is 0.500. The fourth-order valence-electron chi connectivity index (χ4n) is 3.60. The second-order valence-electron chi connectivity index (χ2n) is 7.61. The average Bonchev–Trinajstić information content (AvgIpc) is 2.95. The second kappa shape index (κ2) is 9.15. The summed E-state index contributed by atoms with van der Waals surface area (Å²) in [5.74, 6) is -0.227. The van der Waals surface area contributed by atoms with Gasteiger partial charge in [0.25, 0.3) is 0 Å². The summed E-state index contributed by atoms with van der Waals surface area (Å²) in [5, 5.41) is 18.1. The number of rotatable bonds is 7. The third-order valence-corrected chi connectivity index (χ3v) is 5.30. The van der Waals surface area contributed by atoms with Gasteiger partial charge in [-0.05, 0) is 32.0 Å². The quantitative estimate of drug-likeness (QED) is 0.559. The third kappa shape index (κ3) is 5.39. The highest BCUT2D eigenvalue weighted by atomic mass is 16.6. The standard InChI is InChI=1S/C20H28N6O3/c1-15-20(26(28)29)16(2)25(22-15)14-19(27)21-12-17-5-4-6-18(11-17)13-24-9-7-23(3)8-10-24/h4-6,11H,7-10,12-14H2,1-3H3,(H,21,27). The molecule has 1 aliphatic rings. The van der Waals surface area contributed by atoms with E-state index in [1.54, 1.807) is 13.8 Å². The van der Waals surface area contributed by atoms with Crippen molar-refractivity contribution in [1.82, 2.24) is 24.9 Å². The Hall–Kier alpha value is -2.78. The van der Waals surface area contributed by atoms with Gasteiger partial charge in [0, 0.05) is 39.3 Å². The van der Waals surface area contributed by atoms with Crippen LogP contribution in [0.25, 0.3) is 0 Å². The Labute approximate surface area is 170 Å². The highest BCUT2D eigenvalue weighted by Gasteiger charge is 2.22. The van der Waals surface area contributed by atoms with Crippen molar-refractivity contribution < 1.29 is 9.72 Å². The van der Waals surface area contributed by atoms with Crippen LogP contribution in [0.15, 0.2) is 24.3 Å². The average molecular weight is 400 g/mol. The van der Waals surface area contributed by atoms with Gasteiger partial charge >= 0.3 is 5.69 Å². The predicted octanol–water partition coefficient (Wildman–Crippen LogP) is 1.47. The largest absolute Gasteiger partial charge is 0.350 e. The van der Waals surface area contributed by atoms with Crippen LogP contribution in [0.2, 0.25) is 0 Å². The molecule has 1 N–H and O–H groups in total.